The van der Waals surface area contributed by atoms with Gasteiger partial charge in [0, 0.05) is 0 Å². The number of aliphatic hydroxyl groups excluding tert-OH is 1. The summed E-state index contributed by atoms with van der Waals surface area (Å²) in [5.74, 6) is 0. The molecule has 3 nitrogen and oxygen atoms in total. The summed E-state index contributed by atoms with van der Waals surface area (Å²) in [7, 11) is 0. The zero-order valence-corrected chi connectivity index (χ0v) is 11.0. The van der Waals surface area contributed by atoms with E-state index in [0.717, 1.165) is 0 Å². The van der Waals surface area contributed by atoms with Crippen LogP contribution in [0.1, 0.15) is 41.5 Å². The first kappa shape index (κ1) is 14.9. The summed E-state index contributed by atoms with van der Waals surface area (Å²) in [5.41, 5.74) is -0.239. The lowest BCUT2D eigenvalue weighted by atomic mass is 9.90. The highest BCUT2D eigenvalue weighted by Crippen LogP contribution is 2.18. The number of ether oxygens (including phenoxy) is 2. The molecule has 3 heteroatoms. The molecule has 0 aliphatic rings. The molecule has 15 heavy (non-hydrogen) atoms. The van der Waals surface area contributed by atoms with E-state index in [1.54, 1.807) is 0 Å². The average molecular weight is 218 g/mol. The molecule has 1 unspecified atom stereocenters. The second-order valence-corrected chi connectivity index (χ2v) is 5.92. The van der Waals surface area contributed by atoms with Gasteiger partial charge in [-0.05, 0) is 26.2 Å². The molecule has 1 N–H and O–H groups in total. The number of rotatable bonds is 5. The molecule has 0 saturated carbocycles. The molecule has 0 saturated heterocycles. The summed E-state index contributed by atoms with van der Waals surface area (Å²) < 4.78 is 10.8. The Morgan fingerprint density at radius 3 is 1.93 bits per heavy atom. The molecular weight excluding hydrogens is 192 g/mol. The fraction of sp³-hybridized carbons (Fsp3) is 1.00. The van der Waals surface area contributed by atoms with Crippen molar-refractivity contribution in [1.29, 1.82) is 0 Å². The van der Waals surface area contributed by atoms with Crippen LogP contribution in [0.3, 0.4) is 0 Å². The Morgan fingerprint density at radius 1 is 1.00 bits per heavy atom. The quantitative estimate of drug-likeness (QED) is 0.719. The first-order chi connectivity index (χ1) is 6.63. The Hall–Kier alpha value is -0.120. The minimum Gasteiger partial charge on any atom is -0.390 e. The van der Waals surface area contributed by atoms with E-state index in [4.69, 9.17) is 9.47 Å². The van der Waals surface area contributed by atoms with E-state index < -0.39 is 6.10 Å². The third-order valence-corrected chi connectivity index (χ3v) is 2.04. The van der Waals surface area contributed by atoms with Crippen LogP contribution in [0, 0.1) is 5.41 Å². The van der Waals surface area contributed by atoms with Gasteiger partial charge in [0.05, 0.1) is 31.5 Å². The molecule has 0 aromatic rings. The molecule has 0 rings (SSSR count). The summed E-state index contributed by atoms with van der Waals surface area (Å²) in [4.78, 5) is 0. The van der Waals surface area contributed by atoms with Gasteiger partial charge < -0.3 is 14.6 Å². The van der Waals surface area contributed by atoms with Crippen molar-refractivity contribution in [3.05, 3.63) is 0 Å². The smallest absolute Gasteiger partial charge is 0.0821 e. The van der Waals surface area contributed by atoms with Gasteiger partial charge in [0.1, 0.15) is 0 Å². The molecular formula is C12H26O3. The van der Waals surface area contributed by atoms with Crippen LogP contribution in [-0.2, 0) is 9.47 Å². The van der Waals surface area contributed by atoms with E-state index >= 15 is 0 Å². The van der Waals surface area contributed by atoms with Crippen LogP contribution in [-0.4, -0.2) is 36.6 Å². The summed E-state index contributed by atoms with van der Waals surface area (Å²) >= 11 is 0. The lowest BCUT2D eigenvalue weighted by molar-refractivity contribution is -0.0629. The minimum atomic E-state index is -0.424. The van der Waals surface area contributed by atoms with Crippen molar-refractivity contribution < 1.29 is 14.6 Å². The van der Waals surface area contributed by atoms with Crippen LogP contribution in [0.25, 0.3) is 0 Å². The van der Waals surface area contributed by atoms with Gasteiger partial charge in [0.15, 0.2) is 0 Å². The largest absolute Gasteiger partial charge is 0.390 e. The van der Waals surface area contributed by atoms with Crippen molar-refractivity contribution in [2.75, 3.05) is 19.8 Å². The molecule has 1 atom stereocenters. The maximum absolute atomic E-state index is 9.68. The maximum atomic E-state index is 9.68. The van der Waals surface area contributed by atoms with Crippen molar-refractivity contribution in [3.63, 3.8) is 0 Å². The first-order valence-electron chi connectivity index (χ1n) is 5.53. The molecule has 0 bridgehead atoms. The molecule has 0 spiro atoms. The lowest BCUT2D eigenvalue weighted by Crippen LogP contribution is -2.31. The predicted octanol–water partition coefficient (Wildman–Crippen LogP) is 2.23. The van der Waals surface area contributed by atoms with Gasteiger partial charge in [-0.15, -0.1) is 0 Å². The molecule has 0 aromatic carbocycles. The van der Waals surface area contributed by atoms with Crippen LogP contribution in [0.4, 0.5) is 0 Å². The minimum absolute atomic E-state index is 0.119. The molecule has 0 heterocycles. The van der Waals surface area contributed by atoms with Gasteiger partial charge in [0.25, 0.3) is 0 Å². The number of hydrogen-bond donors (Lipinski definition) is 1. The first-order valence-corrected chi connectivity index (χ1v) is 5.53. The molecule has 0 amide bonds. The normalized spacial score (nSPS) is 15.4. The summed E-state index contributed by atoms with van der Waals surface area (Å²) in [5, 5.41) is 9.68. The highest BCUT2D eigenvalue weighted by Gasteiger charge is 2.21. The van der Waals surface area contributed by atoms with Crippen LogP contribution < -0.4 is 0 Å². The van der Waals surface area contributed by atoms with E-state index in [2.05, 4.69) is 0 Å². The van der Waals surface area contributed by atoms with Crippen LogP contribution >= 0.6 is 0 Å². The third kappa shape index (κ3) is 8.85. The lowest BCUT2D eigenvalue weighted by Gasteiger charge is -2.26. The zero-order chi connectivity index (χ0) is 12.1. The molecule has 0 aliphatic carbocycles. The Labute approximate surface area is 93.8 Å². The second kappa shape index (κ2) is 5.83. The van der Waals surface area contributed by atoms with Crippen molar-refractivity contribution in [2.24, 2.45) is 5.41 Å². The zero-order valence-electron chi connectivity index (χ0n) is 11.0. The van der Waals surface area contributed by atoms with Crippen molar-refractivity contribution in [3.8, 4) is 0 Å². The fourth-order valence-corrected chi connectivity index (χ4v) is 0.852. The second-order valence-electron chi connectivity index (χ2n) is 5.92. The average Bonchev–Trinajstić information content (AvgIpc) is 1.99. The molecule has 0 fully saturated rings. The van der Waals surface area contributed by atoms with Gasteiger partial charge in [-0.3, -0.25) is 0 Å². The Bertz CT molecular complexity index is 165. The molecule has 0 aliphatic heterocycles. The van der Waals surface area contributed by atoms with Crippen LogP contribution in [0.2, 0.25) is 0 Å². The van der Waals surface area contributed by atoms with Crippen LogP contribution in [0.15, 0.2) is 0 Å². The van der Waals surface area contributed by atoms with E-state index in [-0.39, 0.29) is 11.0 Å². The van der Waals surface area contributed by atoms with E-state index in [9.17, 15) is 5.11 Å². The Kier molecular flexibility index (Phi) is 5.78. The van der Waals surface area contributed by atoms with Gasteiger partial charge in [-0.1, -0.05) is 20.8 Å². The van der Waals surface area contributed by atoms with Gasteiger partial charge in [0.2, 0.25) is 0 Å². The predicted molar refractivity (Wildman–Crippen MR) is 62.0 cm³/mol. The highest BCUT2D eigenvalue weighted by atomic mass is 16.5. The van der Waals surface area contributed by atoms with E-state index in [0.29, 0.717) is 19.8 Å². The fourth-order valence-electron chi connectivity index (χ4n) is 0.852. The summed E-state index contributed by atoms with van der Waals surface area (Å²) in [6.07, 6.45) is -0.424. The number of hydrogen-bond acceptors (Lipinski definition) is 3. The van der Waals surface area contributed by atoms with Crippen molar-refractivity contribution in [2.45, 2.75) is 53.2 Å². The van der Waals surface area contributed by atoms with Crippen molar-refractivity contribution >= 4 is 0 Å². The van der Waals surface area contributed by atoms with Crippen molar-refractivity contribution in [1.82, 2.24) is 0 Å². The van der Waals surface area contributed by atoms with Crippen LogP contribution in [0.5, 0.6) is 0 Å². The van der Waals surface area contributed by atoms with E-state index in [1.807, 2.05) is 41.5 Å². The SMILES string of the molecule is CC(C)(C)OCCOCC(O)C(C)(C)C. The third-order valence-electron chi connectivity index (χ3n) is 2.04. The highest BCUT2D eigenvalue weighted by molar-refractivity contribution is 4.71. The molecule has 92 valence electrons. The Morgan fingerprint density at radius 2 is 1.53 bits per heavy atom. The monoisotopic (exact) mass is 218 g/mol. The topological polar surface area (TPSA) is 38.7 Å². The number of aliphatic hydroxyl groups is 1. The standard InChI is InChI=1S/C12H26O3/c1-11(2,3)10(13)9-14-7-8-15-12(4,5)6/h10,13H,7-9H2,1-6H3. The molecule has 0 radical (unpaired) electrons. The van der Waals surface area contributed by atoms with Gasteiger partial charge >= 0.3 is 0 Å². The molecule has 0 aromatic heterocycles. The van der Waals surface area contributed by atoms with Gasteiger partial charge in [-0.2, -0.15) is 0 Å². The van der Waals surface area contributed by atoms with E-state index in [1.165, 1.54) is 0 Å². The summed E-state index contributed by atoms with van der Waals surface area (Å²) in [6, 6.07) is 0. The maximum Gasteiger partial charge on any atom is 0.0821 e. The summed E-state index contributed by atoms with van der Waals surface area (Å²) in [6.45, 7) is 13.5. The van der Waals surface area contributed by atoms with Gasteiger partial charge in [-0.25, -0.2) is 0 Å². The Balaban J connectivity index is 3.48.